The van der Waals surface area contributed by atoms with E-state index in [0.717, 1.165) is 12.8 Å². The molecule has 1 amide bonds. The summed E-state index contributed by atoms with van der Waals surface area (Å²) in [6.45, 7) is 5.13. The highest BCUT2D eigenvalue weighted by Gasteiger charge is 2.26. The number of nitro benzene ring substituents is 1. The Kier molecular flexibility index (Phi) is 5.96. The molecule has 0 saturated heterocycles. The summed E-state index contributed by atoms with van der Waals surface area (Å²) < 4.78 is 0. The molecule has 6 heteroatoms. The first kappa shape index (κ1) is 15.9. The average molecular weight is 279 g/mol. The molecule has 0 radical (unpaired) electrons. The smallest absolute Gasteiger partial charge is 0.305 e. The quantitative estimate of drug-likeness (QED) is 0.615. The van der Waals surface area contributed by atoms with Crippen molar-refractivity contribution in [3.63, 3.8) is 0 Å². The Morgan fingerprint density at radius 1 is 1.35 bits per heavy atom. The van der Waals surface area contributed by atoms with E-state index in [-0.39, 0.29) is 17.2 Å². The minimum atomic E-state index is -0.495. The highest BCUT2D eigenvalue weighted by atomic mass is 16.6. The average Bonchev–Trinajstić information content (AvgIpc) is 2.43. The number of nitro groups is 1. The zero-order valence-electron chi connectivity index (χ0n) is 12.2. The summed E-state index contributed by atoms with van der Waals surface area (Å²) in [5.41, 5.74) is 0.383. The molecule has 20 heavy (non-hydrogen) atoms. The number of nitrogens with one attached hydrogen (secondary N) is 1. The molecule has 1 rings (SSSR count). The van der Waals surface area contributed by atoms with Crippen molar-refractivity contribution in [1.82, 2.24) is 4.90 Å². The fourth-order valence-corrected chi connectivity index (χ4v) is 1.96. The van der Waals surface area contributed by atoms with Crippen molar-refractivity contribution in [3.05, 3.63) is 33.9 Å². The second-order valence-corrected chi connectivity index (χ2v) is 4.61. The molecule has 0 aliphatic carbocycles. The zero-order valence-corrected chi connectivity index (χ0v) is 12.2. The number of carbonyl (C=O) groups excluding carboxylic acids is 1. The lowest BCUT2D eigenvalue weighted by Gasteiger charge is -2.17. The molecule has 0 aliphatic rings. The normalized spacial score (nSPS) is 10.2. The van der Waals surface area contributed by atoms with E-state index in [9.17, 15) is 14.9 Å². The zero-order chi connectivity index (χ0) is 15.1. The van der Waals surface area contributed by atoms with E-state index in [1.807, 2.05) is 13.8 Å². The van der Waals surface area contributed by atoms with E-state index in [1.165, 1.54) is 11.0 Å². The number of benzene rings is 1. The van der Waals surface area contributed by atoms with Crippen LogP contribution >= 0.6 is 0 Å². The van der Waals surface area contributed by atoms with Gasteiger partial charge in [0.1, 0.15) is 11.3 Å². The molecular formula is C14H21N3O3. The van der Waals surface area contributed by atoms with Crippen LogP contribution in [0, 0.1) is 10.1 Å². The third kappa shape index (κ3) is 3.69. The lowest BCUT2D eigenvalue weighted by molar-refractivity contribution is -0.384. The van der Waals surface area contributed by atoms with E-state index < -0.39 is 4.92 Å². The molecule has 0 spiro atoms. The van der Waals surface area contributed by atoms with Gasteiger partial charge in [-0.25, -0.2) is 0 Å². The Balaban J connectivity index is 3.18. The molecule has 0 fully saturated rings. The van der Waals surface area contributed by atoms with Crippen molar-refractivity contribution in [2.75, 3.05) is 25.5 Å². The lowest BCUT2D eigenvalue weighted by Crippen LogP contribution is -2.28. The maximum Gasteiger partial charge on any atom is 0.305 e. The van der Waals surface area contributed by atoms with Gasteiger partial charge in [-0.2, -0.15) is 0 Å². The molecule has 1 aromatic carbocycles. The highest BCUT2D eigenvalue weighted by Crippen LogP contribution is 2.29. The van der Waals surface area contributed by atoms with Crippen LogP contribution in [-0.4, -0.2) is 35.9 Å². The van der Waals surface area contributed by atoms with Gasteiger partial charge in [0.15, 0.2) is 0 Å². The Bertz CT molecular complexity index is 489. The predicted octanol–water partition coefficient (Wildman–Crippen LogP) is 2.90. The first-order valence-corrected chi connectivity index (χ1v) is 6.79. The van der Waals surface area contributed by atoms with Crippen molar-refractivity contribution < 1.29 is 9.72 Å². The number of nitrogens with zero attached hydrogens (tertiary/aromatic N) is 2. The number of para-hydroxylation sites is 1. The van der Waals surface area contributed by atoms with Crippen LogP contribution in [0.25, 0.3) is 0 Å². The van der Waals surface area contributed by atoms with Crippen molar-refractivity contribution in [3.8, 4) is 0 Å². The van der Waals surface area contributed by atoms with Gasteiger partial charge in [-0.05, 0) is 25.0 Å². The van der Waals surface area contributed by atoms with Crippen LogP contribution in [0.15, 0.2) is 18.2 Å². The summed E-state index contributed by atoms with van der Waals surface area (Å²) in [5.74, 6) is -0.321. The third-order valence-corrected chi connectivity index (χ3v) is 2.92. The van der Waals surface area contributed by atoms with Gasteiger partial charge in [-0.1, -0.05) is 19.9 Å². The largest absolute Gasteiger partial charge is 0.379 e. The summed E-state index contributed by atoms with van der Waals surface area (Å²) in [6, 6.07) is 4.80. The number of rotatable bonds is 7. The van der Waals surface area contributed by atoms with Gasteiger partial charge >= 0.3 is 5.69 Å². The Morgan fingerprint density at radius 2 is 2.05 bits per heavy atom. The predicted molar refractivity (Wildman–Crippen MR) is 79.1 cm³/mol. The van der Waals surface area contributed by atoms with Crippen LogP contribution in [0.5, 0.6) is 0 Å². The van der Waals surface area contributed by atoms with Crippen LogP contribution in [0.2, 0.25) is 0 Å². The molecule has 0 saturated carbocycles. The fourth-order valence-electron chi connectivity index (χ4n) is 1.96. The van der Waals surface area contributed by atoms with Gasteiger partial charge in [0, 0.05) is 20.1 Å². The number of hydrogen-bond acceptors (Lipinski definition) is 4. The molecule has 0 aromatic heterocycles. The first-order chi connectivity index (χ1) is 9.52. The number of carbonyl (C=O) groups is 1. The SMILES string of the molecule is CCCNc1cccc(C(=O)N(C)CCC)c1[N+](=O)[O-]. The van der Waals surface area contributed by atoms with E-state index in [0.29, 0.717) is 18.8 Å². The van der Waals surface area contributed by atoms with Crippen molar-refractivity contribution in [2.24, 2.45) is 0 Å². The summed E-state index contributed by atoms with van der Waals surface area (Å²) in [4.78, 5) is 24.6. The van der Waals surface area contributed by atoms with Crippen LogP contribution < -0.4 is 5.32 Å². The third-order valence-electron chi connectivity index (χ3n) is 2.92. The molecule has 6 nitrogen and oxygen atoms in total. The fraction of sp³-hybridized carbons (Fsp3) is 0.500. The summed E-state index contributed by atoms with van der Waals surface area (Å²) in [5, 5.41) is 14.3. The molecule has 0 atom stereocenters. The van der Waals surface area contributed by atoms with Gasteiger partial charge in [0.05, 0.1) is 4.92 Å². The topological polar surface area (TPSA) is 75.5 Å². The molecule has 0 unspecified atom stereocenters. The molecule has 110 valence electrons. The molecule has 0 heterocycles. The summed E-state index contributed by atoms with van der Waals surface area (Å²) in [7, 11) is 1.65. The van der Waals surface area contributed by atoms with E-state index in [4.69, 9.17) is 0 Å². The number of anilines is 1. The second kappa shape index (κ2) is 7.47. The van der Waals surface area contributed by atoms with Crippen LogP contribution in [0.4, 0.5) is 11.4 Å². The Morgan fingerprint density at radius 3 is 2.60 bits per heavy atom. The molecule has 1 aromatic rings. The van der Waals surface area contributed by atoms with Crippen LogP contribution in [0.3, 0.4) is 0 Å². The summed E-state index contributed by atoms with van der Waals surface area (Å²) in [6.07, 6.45) is 1.66. The van der Waals surface area contributed by atoms with Gasteiger partial charge in [0.25, 0.3) is 5.91 Å². The second-order valence-electron chi connectivity index (χ2n) is 4.61. The minimum Gasteiger partial charge on any atom is -0.379 e. The Hall–Kier alpha value is -2.11. The van der Waals surface area contributed by atoms with E-state index in [2.05, 4.69) is 5.32 Å². The monoisotopic (exact) mass is 279 g/mol. The van der Waals surface area contributed by atoms with Gasteiger partial charge in [0.2, 0.25) is 0 Å². The highest BCUT2D eigenvalue weighted by molar-refractivity contribution is 6.00. The van der Waals surface area contributed by atoms with Gasteiger partial charge in [-0.3, -0.25) is 14.9 Å². The Labute approximate surface area is 118 Å². The first-order valence-electron chi connectivity index (χ1n) is 6.79. The van der Waals surface area contributed by atoms with Crippen LogP contribution in [0.1, 0.15) is 37.0 Å². The lowest BCUT2D eigenvalue weighted by atomic mass is 10.1. The van der Waals surface area contributed by atoms with Crippen LogP contribution in [-0.2, 0) is 0 Å². The van der Waals surface area contributed by atoms with E-state index in [1.54, 1.807) is 19.2 Å². The maximum absolute atomic E-state index is 12.3. The minimum absolute atomic E-state index is 0.132. The molecular weight excluding hydrogens is 258 g/mol. The molecule has 0 bridgehead atoms. The van der Waals surface area contributed by atoms with E-state index >= 15 is 0 Å². The summed E-state index contributed by atoms with van der Waals surface area (Å²) >= 11 is 0. The number of hydrogen-bond donors (Lipinski definition) is 1. The van der Waals surface area contributed by atoms with Crippen molar-refractivity contribution >= 4 is 17.3 Å². The van der Waals surface area contributed by atoms with Crippen molar-refractivity contribution in [1.29, 1.82) is 0 Å². The van der Waals surface area contributed by atoms with Gasteiger partial charge in [-0.15, -0.1) is 0 Å². The number of amides is 1. The molecule has 0 aliphatic heterocycles. The van der Waals surface area contributed by atoms with Crippen molar-refractivity contribution in [2.45, 2.75) is 26.7 Å². The molecule has 1 N–H and O–H groups in total. The van der Waals surface area contributed by atoms with Gasteiger partial charge < -0.3 is 10.2 Å². The maximum atomic E-state index is 12.3. The standard InChI is InChI=1S/C14H21N3O3/c1-4-9-15-12-8-6-7-11(13(12)17(19)20)14(18)16(3)10-5-2/h6-8,15H,4-5,9-10H2,1-3H3.